The Morgan fingerprint density at radius 2 is 2.00 bits per heavy atom. The first-order chi connectivity index (χ1) is 12.7. The van der Waals surface area contributed by atoms with Crippen LogP contribution in [0.1, 0.15) is 42.6 Å². The van der Waals surface area contributed by atoms with E-state index in [1.807, 2.05) is 36.1 Å². The molecule has 1 fully saturated rings. The summed E-state index contributed by atoms with van der Waals surface area (Å²) in [5, 5.41) is 0. The van der Waals surface area contributed by atoms with Gasteiger partial charge in [-0.25, -0.2) is 0 Å². The molecule has 0 atom stereocenters. The van der Waals surface area contributed by atoms with Crippen LogP contribution in [0.25, 0.3) is 0 Å². The van der Waals surface area contributed by atoms with E-state index in [1.165, 1.54) is 0 Å². The van der Waals surface area contributed by atoms with Crippen molar-refractivity contribution in [2.75, 3.05) is 19.7 Å². The SMILES string of the molecule is CCOc1cc(C(=O)N2CCC(C)CC2)ccc1OCc1cccnc1. The van der Waals surface area contributed by atoms with E-state index < -0.39 is 0 Å². The second-order valence-corrected chi connectivity index (χ2v) is 6.72. The van der Waals surface area contributed by atoms with Gasteiger partial charge in [-0.05, 0) is 49.9 Å². The van der Waals surface area contributed by atoms with Gasteiger partial charge in [-0.15, -0.1) is 0 Å². The molecule has 0 N–H and O–H groups in total. The highest BCUT2D eigenvalue weighted by atomic mass is 16.5. The predicted molar refractivity (Wildman–Crippen MR) is 100 cm³/mol. The molecule has 1 amide bonds. The quantitative estimate of drug-likeness (QED) is 0.789. The van der Waals surface area contributed by atoms with Crippen LogP contribution in [-0.4, -0.2) is 35.5 Å². The summed E-state index contributed by atoms with van der Waals surface area (Å²) in [6.07, 6.45) is 5.64. The number of hydrogen-bond donors (Lipinski definition) is 0. The minimum Gasteiger partial charge on any atom is -0.490 e. The maximum absolute atomic E-state index is 12.8. The zero-order valence-electron chi connectivity index (χ0n) is 15.5. The topological polar surface area (TPSA) is 51.7 Å². The summed E-state index contributed by atoms with van der Waals surface area (Å²) in [6, 6.07) is 9.27. The Kier molecular flexibility index (Phi) is 6.10. The Bertz CT molecular complexity index is 725. The molecule has 26 heavy (non-hydrogen) atoms. The van der Waals surface area contributed by atoms with Crippen molar-refractivity contribution in [2.24, 2.45) is 5.92 Å². The largest absolute Gasteiger partial charge is 0.490 e. The van der Waals surface area contributed by atoms with Gasteiger partial charge in [0.15, 0.2) is 11.5 Å². The Morgan fingerprint density at radius 3 is 2.69 bits per heavy atom. The zero-order chi connectivity index (χ0) is 18.4. The molecule has 0 saturated carbocycles. The first-order valence-corrected chi connectivity index (χ1v) is 9.25. The highest BCUT2D eigenvalue weighted by Crippen LogP contribution is 2.30. The maximum atomic E-state index is 12.8. The molecule has 1 aliphatic heterocycles. The first kappa shape index (κ1) is 18.2. The lowest BCUT2D eigenvalue weighted by Gasteiger charge is -2.30. The number of pyridine rings is 1. The van der Waals surface area contributed by atoms with E-state index >= 15 is 0 Å². The second-order valence-electron chi connectivity index (χ2n) is 6.72. The number of rotatable bonds is 6. The molecule has 1 aromatic heterocycles. The maximum Gasteiger partial charge on any atom is 0.253 e. The van der Waals surface area contributed by atoms with Crippen LogP contribution in [0, 0.1) is 5.92 Å². The zero-order valence-corrected chi connectivity index (χ0v) is 15.5. The van der Waals surface area contributed by atoms with Crippen LogP contribution in [0.4, 0.5) is 0 Å². The lowest BCUT2D eigenvalue weighted by Crippen LogP contribution is -2.37. The van der Waals surface area contributed by atoms with Crippen molar-refractivity contribution in [2.45, 2.75) is 33.3 Å². The highest BCUT2D eigenvalue weighted by Gasteiger charge is 2.22. The van der Waals surface area contributed by atoms with Gasteiger partial charge in [-0.1, -0.05) is 13.0 Å². The van der Waals surface area contributed by atoms with Crippen molar-refractivity contribution >= 4 is 5.91 Å². The molecule has 5 nitrogen and oxygen atoms in total. The first-order valence-electron chi connectivity index (χ1n) is 9.25. The van der Waals surface area contributed by atoms with E-state index in [4.69, 9.17) is 9.47 Å². The molecule has 2 heterocycles. The number of nitrogens with zero attached hydrogens (tertiary/aromatic N) is 2. The third-order valence-corrected chi connectivity index (χ3v) is 4.68. The predicted octanol–water partition coefficient (Wildman–Crippen LogP) is 3.93. The molecule has 1 aromatic carbocycles. The van der Waals surface area contributed by atoms with Gasteiger partial charge >= 0.3 is 0 Å². The van der Waals surface area contributed by atoms with Gasteiger partial charge in [0.1, 0.15) is 6.61 Å². The van der Waals surface area contributed by atoms with Crippen LogP contribution in [0.3, 0.4) is 0 Å². The van der Waals surface area contributed by atoms with Crippen molar-refractivity contribution < 1.29 is 14.3 Å². The number of amides is 1. The number of hydrogen-bond acceptors (Lipinski definition) is 4. The lowest BCUT2D eigenvalue weighted by molar-refractivity contribution is 0.0696. The Hall–Kier alpha value is -2.56. The van der Waals surface area contributed by atoms with Gasteiger partial charge in [-0.3, -0.25) is 9.78 Å². The fourth-order valence-corrected chi connectivity index (χ4v) is 3.07. The molecule has 3 rings (SSSR count). The van der Waals surface area contributed by atoms with Crippen LogP contribution in [0.15, 0.2) is 42.7 Å². The molecule has 5 heteroatoms. The summed E-state index contributed by atoms with van der Waals surface area (Å²) in [4.78, 5) is 18.8. The van der Waals surface area contributed by atoms with E-state index in [-0.39, 0.29) is 5.91 Å². The third-order valence-electron chi connectivity index (χ3n) is 4.68. The van der Waals surface area contributed by atoms with Gasteiger partial charge in [0.2, 0.25) is 0 Å². The number of benzene rings is 1. The van der Waals surface area contributed by atoms with E-state index in [9.17, 15) is 4.79 Å². The molecule has 138 valence electrons. The minimum absolute atomic E-state index is 0.0664. The van der Waals surface area contributed by atoms with Gasteiger partial charge < -0.3 is 14.4 Å². The van der Waals surface area contributed by atoms with Gasteiger partial charge in [0.25, 0.3) is 5.91 Å². The fraction of sp³-hybridized carbons (Fsp3) is 0.429. The van der Waals surface area contributed by atoms with Gasteiger partial charge in [0.05, 0.1) is 6.61 Å². The Morgan fingerprint density at radius 1 is 1.19 bits per heavy atom. The standard InChI is InChI=1S/C21H26N2O3/c1-3-25-20-13-18(21(24)23-11-8-16(2)9-12-23)6-7-19(20)26-15-17-5-4-10-22-14-17/h4-7,10,13-14,16H,3,8-9,11-12,15H2,1-2H3. The van der Waals surface area contributed by atoms with E-state index in [1.54, 1.807) is 18.5 Å². The number of carbonyl (C=O) groups excluding carboxylic acids is 1. The normalized spacial score (nSPS) is 14.9. The van der Waals surface area contributed by atoms with Crippen molar-refractivity contribution in [3.8, 4) is 11.5 Å². The summed E-state index contributed by atoms with van der Waals surface area (Å²) >= 11 is 0. The van der Waals surface area contributed by atoms with Crippen LogP contribution in [0.5, 0.6) is 11.5 Å². The van der Waals surface area contributed by atoms with E-state index in [2.05, 4.69) is 11.9 Å². The minimum atomic E-state index is 0.0664. The average molecular weight is 354 g/mol. The van der Waals surface area contributed by atoms with Crippen LogP contribution in [0.2, 0.25) is 0 Å². The van der Waals surface area contributed by atoms with Gasteiger partial charge in [-0.2, -0.15) is 0 Å². The number of ether oxygens (including phenoxy) is 2. The van der Waals surface area contributed by atoms with Crippen molar-refractivity contribution in [3.05, 3.63) is 53.9 Å². The summed E-state index contributed by atoms with van der Waals surface area (Å²) in [7, 11) is 0. The number of aromatic nitrogens is 1. The number of piperidine rings is 1. The lowest BCUT2D eigenvalue weighted by atomic mass is 9.98. The summed E-state index contributed by atoms with van der Waals surface area (Å²) in [5.74, 6) is 2.00. The van der Waals surface area contributed by atoms with E-state index in [0.29, 0.717) is 36.2 Å². The molecule has 0 radical (unpaired) electrons. The Labute approximate surface area is 155 Å². The molecule has 0 unspecified atom stereocenters. The van der Waals surface area contributed by atoms with Gasteiger partial charge in [0, 0.05) is 36.6 Å². The van der Waals surface area contributed by atoms with Crippen LogP contribution >= 0.6 is 0 Å². The molecule has 1 saturated heterocycles. The monoisotopic (exact) mass is 354 g/mol. The van der Waals surface area contributed by atoms with Crippen molar-refractivity contribution in [3.63, 3.8) is 0 Å². The summed E-state index contributed by atoms with van der Waals surface area (Å²) in [6.45, 7) is 6.73. The summed E-state index contributed by atoms with van der Waals surface area (Å²) < 4.78 is 11.6. The number of carbonyl (C=O) groups is 1. The highest BCUT2D eigenvalue weighted by molar-refractivity contribution is 5.95. The van der Waals surface area contributed by atoms with Crippen LogP contribution in [-0.2, 0) is 6.61 Å². The van der Waals surface area contributed by atoms with Crippen molar-refractivity contribution in [1.29, 1.82) is 0 Å². The van der Waals surface area contributed by atoms with Crippen LogP contribution < -0.4 is 9.47 Å². The molecule has 2 aromatic rings. The average Bonchev–Trinajstić information content (AvgIpc) is 2.68. The smallest absolute Gasteiger partial charge is 0.253 e. The molecular weight excluding hydrogens is 328 g/mol. The second kappa shape index (κ2) is 8.70. The fourth-order valence-electron chi connectivity index (χ4n) is 3.07. The third kappa shape index (κ3) is 4.54. The molecule has 0 bridgehead atoms. The van der Waals surface area contributed by atoms with Crippen molar-refractivity contribution in [1.82, 2.24) is 9.88 Å². The molecule has 0 spiro atoms. The Balaban J connectivity index is 1.72. The molecule has 0 aliphatic carbocycles. The van der Waals surface area contributed by atoms with E-state index in [0.717, 1.165) is 31.5 Å². The molecule has 1 aliphatic rings. The summed E-state index contributed by atoms with van der Waals surface area (Å²) in [5.41, 5.74) is 1.63. The number of likely N-dealkylation sites (tertiary alicyclic amines) is 1. The molecular formula is C21H26N2O3.